The number of ether oxygens (including phenoxy) is 5. The fraction of sp³-hybridized carbons (Fsp3) is 0.750. The maximum absolute atomic E-state index is 11.5. The molecule has 0 aromatic heterocycles. The number of hydrogen-bond donors (Lipinski definition) is 1. The lowest BCUT2D eigenvalue weighted by molar-refractivity contribution is -0.215. The monoisotopic (exact) mass is 378 g/mol. The predicted molar refractivity (Wildman–Crippen MR) is 85.8 cm³/mol. The summed E-state index contributed by atoms with van der Waals surface area (Å²) in [7, 11) is 1.32. The Morgan fingerprint density at radius 1 is 0.885 bits per heavy atom. The molecule has 1 N–H and O–H groups in total. The van der Waals surface area contributed by atoms with Crippen LogP contribution in [0.3, 0.4) is 0 Å². The van der Waals surface area contributed by atoms with Crippen LogP contribution in [0.15, 0.2) is 0 Å². The third-order valence-corrected chi connectivity index (χ3v) is 3.09. The van der Waals surface area contributed by atoms with Crippen LogP contribution in [0.1, 0.15) is 34.6 Å². The van der Waals surface area contributed by atoms with Gasteiger partial charge in [-0.25, -0.2) is 0 Å². The highest BCUT2D eigenvalue weighted by molar-refractivity contribution is 5.68. The summed E-state index contributed by atoms with van der Waals surface area (Å²) in [4.78, 5) is 45.5. The molecule has 0 aliphatic rings. The zero-order chi connectivity index (χ0) is 20.5. The van der Waals surface area contributed by atoms with Crippen molar-refractivity contribution < 1.29 is 48.0 Å². The Bertz CT molecular complexity index is 513. The molecular weight excluding hydrogens is 352 g/mol. The minimum Gasteiger partial charge on any atom is -0.463 e. The van der Waals surface area contributed by atoms with Crippen molar-refractivity contribution in [1.82, 2.24) is 0 Å². The number of carbonyl (C=O) groups excluding carboxylic acids is 4. The third kappa shape index (κ3) is 8.77. The van der Waals surface area contributed by atoms with Gasteiger partial charge in [-0.3, -0.25) is 19.2 Å². The molecule has 0 rings (SSSR count). The maximum atomic E-state index is 11.5. The van der Waals surface area contributed by atoms with Crippen LogP contribution >= 0.6 is 0 Å². The first kappa shape index (κ1) is 23.8. The number of aliphatic hydroxyl groups is 1. The summed E-state index contributed by atoms with van der Waals surface area (Å²) in [5.41, 5.74) is -1.95. The summed E-state index contributed by atoms with van der Waals surface area (Å²) >= 11 is 0. The van der Waals surface area contributed by atoms with Crippen LogP contribution < -0.4 is 0 Å². The van der Waals surface area contributed by atoms with E-state index in [1.165, 1.54) is 14.0 Å². The Morgan fingerprint density at radius 3 is 1.77 bits per heavy atom. The van der Waals surface area contributed by atoms with Crippen molar-refractivity contribution in [2.24, 2.45) is 0 Å². The van der Waals surface area contributed by atoms with Gasteiger partial charge >= 0.3 is 23.9 Å². The Kier molecular flexibility index (Phi) is 9.81. The van der Waals surface area contributed by atoms with Crippen molar-refractivity contribution in [3.8, 4) is 0 Å². The van der Waals surface area contributed by atoms with E-state index >= 15 is 0 Å². The van der Waals surface area contributed by atoms with Crippen molar-refractivity contribution in [1.29, 1.82) is 0 Å². The standard InChI is InChI=1S/C16H26O10/c1-9(17)23-8-16(5,21)15(26-12(4)20)14(25-11(3)19)13(7-22-6)24-10(2)18/h13-15,21H,7-8H2,1-6H3. The van der Waals surface area contributed by atoms with E-state index in [1.807, 2.05) is 0 Å². The van der Waals surface area contributed by atoms with Gasteiger partial charge in [-0.1, -0.05) is 0 Å². The molecule has 0 radical (unpaired) electrons. The van der Waals surface area contributed by atoms with Crippen LogP contribution in [0.5, 0.6) is 0 Å². The molecule has 0 aromatic rings. The minimum atomic E-state index is -1.95. The van der Waals surface area contributed by atoms with Crippen LogP contribution in [0.25, 0.3) is 0 Å². The zero-order valence-electron chi connectivity index (χ0n) is 15.8. The van der Waals surface area contributed by atoms with Gasteiger partial charge in [0.2, 0.25) is 0 Å². The summed E-state index contributed by atoms with van der Waals surface area (Å²) in [6.45, 7) is 4.89. The Morgan fingerprint density at radius 2 is 1.38 bits per heavy atom. The summed E-state index contributed by atoms with van der Waals surface area (Å²) in [6.07, 6.45) is -4.11. The Balaban J connectivity index is 5.89. The van der Waals surface area contributed by atoms with Gasteiger partial charge in [-0.15, -0.1) is 0 Å². The molecule has 0 aliphatic carbocycles. The summed E-state index contributed by atoms with van der Waals surface area (Å²) in [5.74, 6) is -2.95. The number of rotatable bonds is 10. The van der Waals surface area contributed by atoms with Crippen molar-refractivity contribution >= 4 is 23.9 Å². The second-order valence-electron chi connectivity index (χ2n) is 5.84. The average molecular weight is 378 g/mol. The minimum absolute atomic E-state index is 0.209. The quantitative estimate of drug-likeness (QED) is 0.400. The average Bonchev–Trinajstić information content (AvgIpc) is 2.47. The highest BCUT2D eigenvalue weighted by atomic mass is 16.6. The maximum Gasteiger partial charge on any atom is 0.303 e. The van der Waals surface area contributed by atoms with Crippen LogP contribution in [0, 0.1) is 0 Å². The number of esters is 4. The molecule has 0 aromatic carbocycles. The third-order valence-electron chi connectivity index (χ3n) is 3.09. The molecular formula is C16H26O10. The van der Waals surface area contributed by atoms with E-state index in [4.69, 9.17) is 23.7 Å². The van der Waals surface area contributed by atoms with Gasteiger partial charge in [0.15, 0.2) is 18.3 Å². The van der Waals surface area contributed by atoms with Crippen LogP contribution in [0.4, 0.5) is 0 Å². The number of carbonyl (C=O) groups is 4. The lowest BCUT2D eigenvalue weighted by Crippen LogP contribution is -2.58. The van der Waals surface area contributed by atoms with E-state index in [9.17, 15) is 24.3 Å². The van der Waals surface area contributed by atoms with Crippen LogP contribution in [0.2, 0.25) is 0 Å². The van der Waals surface area contributed by atoms with Gasteiger partial charge < -0.3 is 28.8 Å². The Hall–Kier alpha value is -2.20. The number of methoxy groups -OCH3 is 1. The van der Waals surface area contributed by atoms with E-state index in [2.05, 4.69) is 0 Å². The van der Waals surface area contributed by atoms with Crippen molar-refractivity contribution in [2.75, 3.05) is 20.3 Å². The molecule has 0 saturated heterocycles. The highest BCUT2D eigenvalue weighted by Crippen LogP contribution is 2.24. The molecule has 0 aliphatic heterocycles. The van der Waals surface area contributed by atoms with Crippen molar-refractivity contribution in [3.05, 3.63) is 0 Å². The summed E-state index contributed by atoms with van der Waals surface area (Å²) in [6, 6.07) is 0. The van der Waals surface area contributed by atoms with Crippen LogP contribution in [-0.2, 0) is 42.9 Å². The summed E-state index contributed by atoms with van der Waals surface area (Å²) < 4.78 is 25.1. The van der Waals surface area contributed by atoms with Gasteiger partial charge in [-0.05, 0) is 6.92 Å². The fourth-order valence-electron chi connectivity index (χ4n) is 2.15. The molecule has 10 heteroatoms. The topological polar surface area (TPSA) is 135 Å². The molecule has 26 heavy (non-hydrogen) atoms. The molecule has 150 valence electrons. The Labute approximate surface area is 151 Å². The first-order chi connectivity index (χ1) is 11.9. The lowest BCUT2D eigenvalue weighted by atomic mass is 9.92. The smallest absolute Gasteiger partial charge is 0.303 e. The zero-order valence-corrected chi connectivity index (χ0v) is 15.8. The van der Waals surface area contributed by atoms with E-state index in [1.54, 1.807) is 0 Å². The molecule has 0 heterocycles. The molecule has 0 amide bonds. The first-order valence-corrected chi connectivity index (χ1v) is 7.77. The van der Waals surface area contributed by atoms with Crippen LogP contribution in [-0.4, -0.2) is 73.2 Å². The van der Waals surface area contributed by atoms with E-state index in [0.29, 0.717) is 0 Å². The molecule has 0 bridgehead atoms. The van der Waals surface area contributed by atoms with E-state index in [0.717, 1.165) is 27.7 Å². The first-order valence-electron chi connectivity index (χ1n) is 7.77. The molecule has 0 fully saturated rings. The summed E-state index contributed by atoms with van der Waals surface area (Å²) in [5, 5.41) is 10.7. The number of hydrogen-bond acceptors (Lipinski definition) is 10. The van der Waals surface area contributed by atoms with E-state index < -0.39 is 54.4 Å². The second-order valence-corrected chi connectivity index (χ2v) is 5.84. The predicted octanol–water partition coefficient (Wildman–Crippen LogP) is -0.258. The molecule has 10 nitrogen and oxygen atoms in total. The van der Waals surface area contributed by atoms with E-state index in [-0.39, 0.29) is 6.61 Å². The highest BCUT2D eigenvalue weighted by Gasteiger charge is 2.48. The van der Waals surface area contributed by atoms with Crippen molar-refractivity contribution in [3.63, 3.8) is 0 Å². The fourth-order valence-corrected chi connectivity index (χ4v) is 2.15. The van der Waals surface area contributed by atoms with Gasteiger partial charge in [0.05, 0.1) is 6.61 Å². The molecule has 4 atom stereocenters. The largest absolute Gasteiger partial charge is 0.463 e. The van der Waals surface area contributed by atoms with Crippen molar-refractivity contribution in [2.45, 2.75) is 58.5 Å². The normalized spacial score (nSPS) is 16.4. The van der Waals surface area contributed by atoms with Gasteiger partial charge in [-0.2, -0.15) is 0 Å². The molecule has 0 saturated carbocycles. The second kappa shape index (κ2) is 10.7. The van der Waals surface area contributed by atoms with Gasteiger partial charge in [0, 0.05) is 34.8 Å². The van der Waals surface area contributed by atoms with Gasteiger partial charge in [0.25, 0.3) is 0 Å². The SMILES string of the molecule is COCC(OC(C)=O)C(OC(C)=O)C(OC(C)=O)C(C)(O)COC(C)=O. The lowest BCUT2D eigenvalue weighted by Gasteiger charge is -2.38. The van der Waals surface area contributed by atoms with Gasteiger partial charge in [0.1, 0.15) is 12.2 Å². The molecule has 0 spiro atoms. The molecule has 4 unspecified atom stereocenters.